The highest BCUT2D eigenvalue weighted by Crippen LogP contribution is 2.47. The van der Waals surface area contributed by atoms with Crippen LogP contribution < -0.4 is 0 Å². The molecule has 2 unspecified atom stereocenters. The Morgan fingerprint density at radius 1 is 1.22 bits per heavy atom. The molecule has 27 heavy (non-hydrogen) atoms. The van der Waals surface area contributed by atoms with E-state index in [9.17, 15) is 9.36 Å². The minimum absolute atomic E-state index is 0.0311. The molecule has 1 aliphatic rings. The van der Waals surface area contributed by atoms with Crippen molar-refractivity contribution in [1.29, 1.82) is 0 Å². The van der Waals surface area contributed by atoms with E-state index in [4.69, 9.17) is 13.9 Å². The average Bonchev–Trinajstić information content (AvgIpc) is 2.81. The fraction of sp³-hybridized carbons (Fsp3) is 0.947. The van der Waals surface area contributed by atoms with Gasteiger partial charge in [-0.2, -0.15) is 0 Å². The maximum absolute atomic E-state index is 12.7. The van der Waals surface area contributed by atoms with E-state index in [0.717, 1.165) is 0 Å². The second kappa shape index (κ2) is 8.73. The summed E-state index contributed by atoms with van der Waals surface area (Å²) < 4.78 is 31.3. The maximum Gasteiger partial charge on any atom is 0.308 e. The molecule has 1 rings (SSSR count). The van der Waals surface area contributed by atoms with Gasteiger partial charge in [-0.1, -0.05) is 41.5 Å². The summed E-state index contributed by atoms with van der Waals surface area (Å²) in [6, 6.07) is -0.0790. The number of hydrogen-bond donors (Lipinski definition) is 0. The number of rotatable bonds is 7. The minimum Gasteiger partial charge on any atom is -0.459 e. The Kier molecular flexibility index (Phi) is 8.06. The first-order valence-electron chi connectivity index (χ1n) is 10.1. The van der Waals surface area contributed by atoms with Crippen LogP contribution in [0.4, 0.5) is 0 Å². The third-order valence-corrected chi connectivity index (χ3v) is 12.9. The first-order chi connectivity index (χ1) is 12.0. The molecule has 0 saturated carbocycles. The average molecular weight is 418 g/mol. The molecule has 0 aromatic heterocycles. The van der Waals surface area contributed by atoms with Crippen molar-refractivity contribution in [2.75, 3.05) is 13.3 Å². The van der Waals surface area contributed by atoms with E-state index < -0.39 is 21.6 Å². The molecular weight excluding hydrogens is 378 g/mol. The Bertz CT molecular complexity index is 569. The molecule has 5 nitrogen and oxygen atoms in total. The summed E-state index contributed by atoms with van der Waals surface area (Å²) in [5.41, 5.74) is -0.260. The summed E-state index contributed by atoms with van der Waals surface area (Å²) in [7, 11) is -2.37. The van der Waals surface area contributed by atoms with Gasteiger partial charge in [-0.05, 0) is 31.5 Å². The molecule has 0 radical (unpaired) electrons. The monoisotopic (exact) mass is 418 g/mol. The summed E-state index contributed by atoms with van der Waals surface area (Å²) in [5, 5.41) is 0.115. The molecule has 0 N–H and O–H groups in total. The van der Waals surface area contributed by atoms with E-state index in [-0.39, 0.29) is 40.8 Å². The quantitative estimate of drug-likeness (QED) is 0.358. The van der Waals surface area contributed by atoms with Gasteiger partial charge in [-0.15, -0.1) is 0 Å². The van der Waals surface area contributed by atoms with Crippen molar-refractivity contribution in [2.24, 2.45) is 5.92 Å². The van der Waals surface area contributed by atoms with Crippen LogP contribution in [0.25, 0.3) is 0 Å². The van der Waals surface area contributed by atoms with Crippen molar-refractivity contribution < 1.29 is 23.3 Å². The van der Waals surface area contributed by atoms with E-state index in [1.165, 1.54) is 0 Å². The van der Waals surface area contributed by atoms with Gasteiger partial charge >= 0.3 is 5.97 Å². The van der Waals surface area contributed by atoms with Crippen LogP contribution in [0, 0.1) is 5.92 Å². The molecule has 1 saturated heterocycles. The summed E-state index contributed by atoms with van der Waals surface area (Å²) in [6.45, 7) is 20.1. The second-order valence-electron chi connectivity index (χ2n) is 10.3. The molecule has 0 spiro atoms. The highest BCUT2D eigenvalue weighted by molar-refractivity contribution is 7.63. The summed E-state index contributed by atoms with van der Waals surface area (Å²) >= 11 is 0. The van der Waals surface area contributed by atoms with Crippen LogP contribution >= 0.6 is 7.14 Å². The third kappa shape index (κ3) is 6.45. The van der Waals surface area contributed by atoms with Crippen LogP contribution in [0.2, 0.25) is 18.1 Å². The minimum atomic E-state index is -2.45. The number of esters is 1. The molecule has 0 bridgehead atoms. The molecule has 1 aliphatic heterocycles. The number of hydrogen-bond acceptors (Lipinski definition) is 5. The Morgan fingerprint density at radius 3 is 2.15 bits per heavy atom. The predicted molar refractivity (Wildman–Crippen MR) is 118 cm³/mol. The zero-order valence-corrected chi connectivity index (χ0v) is 21.1. The molecule has 1 heterocycles. The Balaban J connectivity index is 3.01. The van der Waals surface area contributed by atoms with Crippen LogP contribution in [0.3, 0.4) is 0 Å². The van der Waals surface area contributed by atoms with E-state index >= 15 is 0 Å². The highest BCUT2D eigenvalue weighted by Gasteiger charge is 2.47. The third-order valence-electron chi connectivity index (χ3n) is 6.18. The molecular formula is C19H40BO5PSi. The van der Waals surface area contributed by atoms with Crippen LogP contribution in [0.15, 0.2) is 0 Å². The zero-order valence-electron chi connectivity index (χ0n) is 19.2. The van der Waals surface area contributed by atoms with Crippen molar-refractivity contribution in [2.45, 2.75) is 96.1 Å². The predicted octanol–water partition coefficient (Wildman–Crippen LogP) is 3.70. The zero-order chi connectivity index (χ0) is 21.4. The number of carbonyl (C=O) groups is 1. The van der Waals surface area contributed by atoms with Gasteiger partial charge in [0.1, 0.15) is 14.0 Å². The maximum atomic E-state index is 12.7. The smallest absolute Gasteiger partial charge is 0.308 e. The van der Waals surface area contributed by atoms with E-state index in [2.05, 4.69) is 33.9 Å². The summed E-state index contributed by atoms with van der Waals surface area (Å²) in [5.74, 6) is -0.503. The van der Waals surface area contributed by atoms with Gasteiger partial charge < -0.3 is 18.5 Å². The van der Waals surface area contributed by atoms with Gasteiger partial charge in [0.05, 0.1) is 25.3 Å². The van der Waals surface area contributed by atoms with Gasteiger partial charge in [-0.3, -0.25) is 4.79 Å². The number of ether oxygens (including phenoxy) is 2. The summed E-state index contributed by atoms with van der Waals surface area (Å²) in [6.07, 6.45) is -0.179. The van der Waals surface area contributed by atoms with E-state index in [1.54, 1.807) is 13.3 Å². The Hall–Kier alpha value is -0.0982. The highest BCUT2D eigenvalue weighted by atomic mass is 31.2. The van der Waals surface area contributed by atoms with Crippen LogP contribution in [0.5, 0.6) is 0 Å². The normalized spacial score (nSPS) is 26.9. The van der Waals surface area contributed by atoms with Crippen LogP contribution in [0.1, 0.15) is 48.0 Å². The largest absolute Gasteiger partial charge is 0.459 e. The SMILES string of the molecule is B[C@@H]1O[C@H](C(OC(=O)C(C)C)C(C)P(C)(C)=O)C[C@@H]1O[Si](C)(C)C(C)(C)C. The molecule has 0 aliphatic carbocycles. The van der Waals surface area contributed by atoms with Crippen molar-refractivity contribution in [3.05, 3.63) is 0 Å². The van der Waals surface area contributed by atoms with Gasteiger partial charge in [0.15, 0.2) is 8.32 Å². The molecule has 0 amide bonds. The second-order valence-corrected chi connectivity index (χ2v) is 18.7. The van der Waals surface area contributed by atoms with Crippen LogP contribution in [-0.2, 0) is 23.3 Å². The molecule has 8 heteroatoms. The van der Waals surface area contributed by atoms with Crippen molar-refractivity contribution in [3.63, 3.8) is 0 Å². The Morgan fingerprint density at radius 2 is 1.74 bits per heavy atom. The fourth-order valence-corrected chi connectivity index (χ4v) is 5.22. The Labute approximate surface area is 168 Å². The number of carbonyl (C=O) groups excluding carboxylic acids is 1. The lowest BCUT2D eigenvalue weighted by atomic mass is 9.94. The van der Waals surface area contributed by atoms with Crippen molar-refractivity contribution in [1.82, 2.24) is 0 Å². The first kappa shape index (κ1) is 24.9. The molecule has 0 aromatic rings. The van der Waals surface area contributed by atoms with Gasteiger partial charge in [0, 0.05) is 18.1 Å². The summed E-state index contributed by atoms with van der Waals surface area (Å²) in [4.78, 5) is 12.3. The molecule has 1 fully saturated rings. The lowest BCUT2D eigenvalue weighted by Gasteiger charge is -2.39. The van der Waals surface area contributed by atoms with Crippen LogP contribution in [-0.4, -0.2) is 65.4 Å². The van der Waals surface area contributed by atoms with Gasteiger partial charge in [0.25, 0.3) is 0 Å². The van der Waals surface area contributed by atoms with Gasteiger partial charge in [0.2, 0.25) is 0 Å². The van der Waals surface area contributed by atoms with E-state index in [1.807, 2.05) is 28.6 Å². The first-order valence-corrected chi connectivity index (χ1v) is 15.6. The molecule has 5 atom stereocenters. The van der Waals surface area contributed by atoms with Gasteiger partial charge in [-0.25, -0.2) is 0 Å². The lowest BCUT2D eigenvalue weighted by molar-refractivity contribution is -0.159. The van der Waals surface area contributed by atoms with Crippen molar-refractivity contribution in [3.8, 4) is 0 Å². The molecule has 0 aromatic carbocycles. The fourth-order valence-electron chi connectivity index (χ4n) is 2.86. The molecule has 158 valence electrons. The van der Waals surface area contributed by atoms with Crippen molar-refractivity contribution >= 4 is 29.3 Å². The lowest BCUT2D eigenvalue weighted by Crippen LogP contribution is -2.46. The topological polar surface area (TPSA) is 61.8 Å². The van der Waals surface area contributed by atoms with E-state index in [0.29, 0.717) is 6.42 Å². The standard InChI is InChI=1S/C19H40BO5PSi/c1-12(2)18(21)24-16(13(3)26(7,8)22)14-11-15(17(20)23-14)25-27(9,10)19(4,5)6/h12-17H,11,20H2,1-10H3/t13?,14-,15-,16?,17+/m0/s1.